The van der Waals surface area contributed by atoms with E-state index in [4.69, 9.17) is 0 Å². The third-order valence-electron chi connectivity index (χ3n) is 5.22. The number of amides is 1. The summed E-state index contributed by atoms with van der Waals surface area (Å²) in [6, 6.07) is 0.396. The summed E-state index contributed by atoms with van der Waals surface area (Å²) in [7, 11) is 0. The zero-order valence-electron chi connectivity index (χ0n) is 14.7. The van der Waals surface area contributed by atoms with Gasteiger partial charge in [-0.15, -0.1) is 0 Å². The van der Waals surface area contributed by atoms with E-state index in [1.54, 1.807) is 0 Å². The monoisotopic (exact) mass is 309 g/mol. The van der Waals surface area contributed by atoms with Gasteiger partial charge < -0.3 is 15.5 Å². The summed E-state index contributed by atoms with van der Waals surface area (Å²) < 4.78 is 0. The number of carbonyl (C=O) groups excluding carboxylic acids is 1. The lowest BCUT2D eigenvalue weighted by atomic mass is 9.85. The Morgan fingerprint density at radius 3 is 2.55 bits per heavy atom. The van der Waals surface area contributed by atoms with Crippen LogP contribution in [0.2, 0.25) is 0 Å². The number of nitrogens with zero attached hydrogens (tertiary/aromatic N) is 1. The molecule has 2 unspecified atom stereocenters. The SMILES string of the molecule is CC(C)CN1CCC(NC(=O)CC(C)C2CCCNC2)CC1. The molecule has 0 bridgehead atoms. The fourth-order valence-electron chi connectivity index (χ4n) is 3.89. The molecule has 4 heteroatoms. The second kappa shape index (κ2) is 8.88. The fraction of sp³-hybridized carbons (Fsp3) is 0.944. The number of nitrogens with one attached hydrogen (secondary N) is 2. The molecule has 2 aliphatic heterocycles. The summed E-state index contributed by atoms with van der Waals surface area (Å²) in [5, 5.41) is 6.73. The van der Waals surface area contributed by atoms with Crippen LogP contribution < -0.4 is 10.6 Å². The standard InChI is InChI=1S/C18H35N3O/c1-14(2)13-21-9-6-17(7-10-21)20-18(22)11-15(3)16-5-4-8-19-12-16/h14-17,19H,4-13H2,1-3H3,(H,20,22). The van der Waals surface area contributed by atoms with Crippen LogP contribution in [0.5, 0.6) is 0 Å². The third-order valence-corrected chi connectivity index (χ3v) is 5.22. The molecule has 0 aromatic heterocycles. The summed E-state index contributed by atoms with van der Waals surface area (Å²) in [5.41, 5.74) is 0. The number of carbonyl (C=O) groups is 1. The van der Waals surface area contributed by atoms with Crippen molar-refractivity contribution in [3.05, 3.63) is 0 Å². The van der Waals surface area contributed by atoms with E-state index < -0.39 is 0 Å². The first-order chi connectivity index (χ1) is 10.5. The predicted octanol–water partition coefficient (Wildman–Crippen LogP) is 2.25. The van der Waals surface area contributed by atoms with Gasteiger partial charge in [-0.25, -0.2) is 0 Å². The summed E-state index contributed by atoms with van der Waals surface area (Å²) >= 11 is 0. The fourth-order valence-corrected chi connectivity index (χ4v) is 3.89. The number of rotatable bonds is 6. The van der Waals surface area contributed by atoms with E-state index in [9.17, 15) is 4.79 Å². The lowest BCUT2D eigenvalue weighted by Crippen LogP contribution is -2.46. The summed E-state index contributed by atoms with van der Waals surface area (Å²) in [6.45, 7) is 12.5. The minimum Gasteiger partial charge on any atom is -0.353 e. The maximum Gasteiger partial charge on any atom is 0.220 e. The van der Waals surface area contributed by atoms with E-state index >= 15 is 0 Å². The molecule has 2 heterocycles. The highest BCUT2D eigenvalue weighted by Gasteiger charge is 2.24. The van der Waals surface area contributed by atoms with Crippen LogP contribution in [0.1, 0.15) is 52.9 Å². The minimum absolute atomic E-state index is 0.264. The van der Waals surface area contributed by atoms with Crippen molar-refractivity contribution in [2.24, 2.45) is 17.8 Å². The topological polar surface area (TPSA) is 44.4 Å². The van der Waals surface area contributed by atoms with E-state index in [-0.39, 0.29) is 5.91 Å². The number of hydrogen-bond acceptors (Lipinski definition) is 3. The Labute approximate surface area is 136 Å². The molecule has 0 radical (unpaired) electrons. The molecule has 4 nitrogen and oxygen atoms in total. The molecule has 2 saturated heterocycles. The average molecular weight is 309 g/mol. The summed E-state index contributed by atoms with van der Waals surface area (Å²) in [4.78, 5) is 14.8. The van der Waals surface area contributed by atoms with Crippen molar-refractivity contribution >= 4 is 5.91 Å². The first-order valence-electron chi connectivity index (χ1n) is 9.27. The highest BCUT2D eigenvalue weighted by Crippen LogP contribution is 2.22. The molecule has 22 heavy (non-hydrogen) atoms. The van der Waals surface area contributed by atoms with Crippen LogP contribution in [0.4, 0.5) is 0 Å². The summed E-state index contributed by atoms with van der Waals surface area (Å²) in [6.07, 6.45) is 5.44. The molecule has 2 fully saturated rings. The van der Waals surface area contributed by atoms with E-state index in [0.29, 0.717) is 24.3 Å². The predicted molar refractivity (Wildman–Crippen MR) is 91.8 cm³/mol. The number of piperidine rings is 2. The van der Waals surface area contributed by atoms with Gasteiger partial charge in [0.05, 0.1) is 0 Å². The minimum atomic E-state index is 0.264. The molecule has 2 N–H and O–H groups in total. The van der Waals surface area contributed by atoms with E-state index in [1.165, 1.54) is 19.4 Å². The van der Waals surface area contributed by atoms with Crippen LogP contribution >= 0.6 is 0 Å². The van der Waals surface area contributed by atoms with Crippen molar-refractivity contribution in [1.82, 2.24) is 15.5 Å². The molecule has 2 atom stereocenters. The highest BCUT2D eigenvalue weighted by atomic mass is 16.1. The molecule has 2 rings (SSSR count). The largest absolute Gasteiger partial charge is 0.353 e. The lowest BCUT2D eigenvalue weighted by molar-refractivity contribution is -0.123. The number of hydrogen-bond donors (Lipinski definition) is 2. The van der Waals surface area contributed by atoms with E-state index in [2.05, 4.69) is 36.3 Å². The van der Waals surface area contributed by atoms with Crippen LogP contribution in [0.15, 0.2) is 0 Å². The molecule has 0 spiro atoms. The molecule has 2 aliphatic rings. The van der Waals surface area contributed by atoms with Gasteiger partial charge in [0.25, 0.3) is 0 Å². The van der Waals surface area contributed by atoms with Crippen molar-refractivity contribution in [3.63, 3.8) is 0 Å². The Kier molecular flexibility index (Phi) is 7.16. The molecule has 1 amide bonds. The smallest absolute Gasteiger partial charge is 0.220 e. The van der Waals surface area contributed by atoms with Gasteiger partial charge >= 0.3 is 0 Å². The zero-order valence-corrected chi connectivity index (χ0v) is 14.7. The van der Waals surface area contributed by atoms with Crippen molar-refractivity contribution < 1.29 is 4.79 Å². The molecule has 0 saturated carbocycles. The first-order valence-corrected chi connectivity index (χ1v) is 9.27. The van der Waals surface area contributed by atoms with Gasteiger partial charge in [-0.3, -0.25) is 4.79 Å². The van der Waals surface area contributed by atoms with Crippen LogP contribution in [0.3, 0.4) is 0 Å². The molecular weight excluding hydrogens is 274 g/mol. The van der Waals surface area contributed by atoms with Crippen LogP contribution in [0.25, 0.3) is 0 Å². The maximum atomic E-state index is 12.3. The normalized spacial score (nSPS) is 26.1. The van der Waals surface area contributed by atoms with Gasteiger partial charge in [-0.2, -0.15) is 0 Å². The molecule has 0 aliphatic carbocycles. The summed E-state index contributed by atoms with van der Waals surface area (Å²) in [5.74, 6) is 2.16. The third kappa shape index (κ3) is 5.88. The van der Waals surface area contributed by atoms with Crippen LogP contribution in [-0.4, -0.2) is 49.6 Å². The Morgan fingerprint density at radius 1 is 1.23 bits per heavy atom. The average Bonchev–Trinajstić information content (AvgIpc) is 2.49. The molecule has 128 valence electrons. The second-order valence-electron chi connectivity index (χ2n) is 7.82. The Bertz CT molecular complexity index is 331. The van der Waals surface area contributed by atoms with Gasteiger partial charge in [-0.1, -0.05) is 20.8 Å². The quantitative estimate of drug-likeness (QED) is 0.791. The van der Waals surface area contributed by atoms with E-state index in [0.717, 1.165) is 44.9 Å². The highest BCUT2D eigenvalue weighted by molar-refractivity contribution is 5.76. The lowest BCUT2D eigenvalue weighted by Gasteiger charge is -2.34. The van der Waals surface area contributed by atoms with Crippen LogP contribution in [0, 0.1) is 17.8 Å². The van der Waals surface area contributed by atoms with Gasteiger partial charge in [0, 0.05) is 32.1 Å². The molecule has 0 aromatic carbocycles. The Hall–Kier alpha value is -0.610. The van der Waals surface area contributed by atoms with Gasteiger partial charge in [0.15, 0.2) is 0 Å². The molecule has 0 aromatic rings. The van der Waals surface area contributed by atoms with E-state index in [1.807, 2.05) is 0 Å². The van der Waals surface area contributed by atoms with Crippen molar-refractivity contribution in [3.8, 4) is 0 Å². The van der Waals surface area contributed by atoms with Crippen molar-refractivity contribution in [2.75, 3.05) is 32.7 Å². The maximum absolute atomic E-state index is 12.3. The zero-order chi connectivity index (χ0) is 15.9. The Balaban J connectivity index is 1.65. The van der Waals surface area contributed by atoms with Crippen LogP contribution in [-0.2, 0) is 4.79 Å². The number of likely N-dealkylation sites (tertiary alicyclic amines) is 1. The first kappa shape index (κ1) is 17.7. The van der Waals surface area contributed by atoms with Crippen molar-refractivity contribution in [1.29, 1.82) is 0 Å². The van der Waals surface area contributed by atoms with Gasteiger partial charge in [0.2, 0.25) is 5.91 Å². The van der Waals surface area contributed by atoms with Gasteiger partial charge in [-0.05, 0) is 56.5 Å². The van der Waals surface area contributed by atoms with Crippen molar-refractivity contribution in [2.45, 2.75) is 58.9 Å². The van der Waals surface area contributed by atoms with Gasteiger partial charge in [0.1, 0.15) is 0 Å². The molecular formula is C18H35N3O. The second-order valence-corrected chi connectivity index (χ2v) is 7.82. The Morgan fingerprint density at radius 2 is 1.95 bits per heavy atom.